The molecule has 0 unspecified atom stereocenters. The average molecular weight is 311 g/mol. The van der Waals surface area contributed by atoms with Crippen LogP contribution in [0, 0.1) is 0 Å². The summed E-state index contributed by atoms with van der Waals surface area (Å²) in [6, 6.07) is 5.32. The summed E-state index contributed by atoms with van der Waals surface area (Å²) in [7, 11) is -3.57. The Bertz CT molecular complexity index is 614. The second-order valence-corrected chi connectivity index (χ2v) is 6.66. The number of carbonyl (C=O) groups is 1. The molecule has 3 N–H and O–H groups in total. The first-order valence-corrected chi connectivity index (χ1v) is 8.60. The minimum atomic E-state index is -3.57. The molecule has 1 amide bonds. The van der Waals surface area contributed by atoms with E-state index in [2.05, 4.69) is 15.4 Å². The van der Waals surface area contributed by atoms with Gasteiger partial charge in [0.25, 0.3) is 0 Å². The molecular weight excluding hydrogens is 290 g/mol. The quantitative estimate of drug-likeness (QED) is 0.697. The van der Waals surface area contributed by atoms with Crippen LogP contribution in [0.1, 0.15) is 24.5 Å². The van der Waals surface area contributed by atoms with Gasteiger partial charge in [-0.3, -0.25) is 4.79 Å². The summed E-state index contributed by atoms with van der Waals surface area (Å²) in [6.07, 6.45) is 0.840. The maximum atomic E-state index is 12.4. The summed E-state index contributed by atoms with van der Waals surface area (Å²) in [4.78, 5) is 11.7. The molecule has 1 aromatic rings. The minimum Gasteiger partial charge on any atom is -0.356 e. The van der Waals surface area contributed by atoms with Gasteiger partial charge in [0.15, 0.2) is 0 Å². The molecule has 0 radical (unpaired) electrons. The molecule has 0 spiro atoms. The molecule has 6 nitrogen and oxygen atoms in total. The lowest BCUT2D eigenvalue weighted by Crippen LogP contribution is -2.32. The van der Waals surface area contributed by atoms with Crippen LogP contribution >= 0.6 is 0 Å². The van der Waals surface area contributed by atoms with Gasteiger partial charge in [0, 0.05) is 26.1 Å². The molecule has 0 saturated heterocycles. The van der Waals surface area contributed by atoms with Crippen molar-refractivity contribution in [1.29, 1.82) is 0 Å². The summed E-state index contributed by atoms with van der Waals surface area (Å²) < 4.78 is 27.3. The number of amides is 1. The summed E-state index contributed by atoms with van der Waals surface area (Å²) in [6.45, 7) is 3.95. The Morgan fingerprint density at radius 2 is 2.19 bits per heavy atom. The summed E-state index contributed by atoms with van der Waals surface area (Å²) >= 11 is 0. The zero-order chi connectivity index (χ0) is 15.3. The van der Waals surface area contributed by atoms with Crippen molar-refractivity contribution in [3.8, 4) is 0 Å². The molecule has 21 heavy (non-hydrogen) atoms. The molecule has 1 heterocycles. The Kier molecular flexibility index (Phi) is 5.33. The van der Waals surface area contributed by atoms with Crippen LogP contribution < -0.4 is 15.4 Å². The lowest BCUT2D eigenvalue weighted by molar-refractivity contribution is -0.120. The van der Waals surface area contributed by atoms with Gasteiger partial charge < -0.3 is 10.6 Å². The fourth-order valence-electron chi connectivity index (χ4n) is 2.41. The predicted molar refractivity (Wildman–Crippen MR) is 80.3 cm³/mol. The average Bonchev–Trinajstić information content (AvgIpc) is 2.46. The SMILES string of the molecule is CCNC(=O)CCNS(=O)(=O)c1cccc2c1CCNC2. The van der Waals surface area contributed by atoms with E-state index >= 15 is 0 Å². The summed E-state index contributed by atoms with van der Waals surface area (Å²) in [5.74, 6) is -0.153. The second-order valence-electron chi connectivity index (χ2n) is 4.92. The van der Waals surface area contributed by atoms with Crippen LogP contribution in [0.15, 0.2) is 23.1 Å². The van der Waals surface area contributed by atoms with Crippen molar-refractivity contribution in [2.24, 2.45) is 0 Å². The van der Waals surface area contributed by atoms with Crippen LogP contribution in [0.4, 0.5) is 0 Å². The number of fused-ring (bicyclic) bond motifs is 1. The number of carbonyl (C=O) groups excluding carboxylic acids is 1. The van der Waals surface area contributed by atoms with Crippen molar-refractivity contribution < 1.29 is 13.2 Å². The molecule has 2 rings (SSSR count). The van der Waals surface area contributed by atoms with E-state index < -0.39 is 10.0 Å². The summed E-state index contributed by atoms with van der Waals surface area (Å²) in [5, 5.41) is 5.86. The first-order chi connectivity index (χ1) is 10.0. The van der Waals surface area contributed by atoms with E-state index in [9.17, 15) is 13.2 Å². The molecule has 7 heteroatoms. The number of nitrogens with one attached hydrogen (secondary N) is 3. The Morgan fingerprint density at radius 1 is 1.38 bits per heavy atom. The first kappa shape index (κ1) is 15.9. The maximum absolute atomic E-state index is 12.4. The Morgan fingerprint density at radius 3 is 2.95 bits per heavy atom. The Balaban J connectivity index is 2.08. The van der Waals surface area contributed by atoms with Gasteiger partial charge in [-0.05, 0) is 37.1 Å². The lowest BCUT2D eigenvalue weighted by atomic mass is 10.0. The first-order valence-electron chi connectivity index (χ1n) is 7.12. The second kappa shape index (κ2) is 7.02. The largest absolute Gasteiger partial charge is 0.356 e. The van der Waals surface area contributed by atoms with Gasteiger partial charge >= 0.3 is 0 Å². The zero-order valence-electron chi connectivity index (χ0n) is 12.1. The molecule has 1 aromatic carbocycles. The molecule has 1 aliphatic heterocycles. The van der Waals surface area contributed by atoms with Crippen molar-refractivity contribution in [3.05, 3.63) is 29.3 Å². The Hall–Kier alpha value is -1.44. The monoisotopic (exact) mass is 311 g/mol. The van der Waals surface area contributed by atoms with Crippen molar-refractivity contribution in [3.63, 3.8) is 0 Å². The molecular formula is C14H21N3O3S. The fourth-order valence-corrected chi connectivity index (χ4v) is 3.75. The van der Waals surface area contributed by atoms with E-state index in [1.54, 1.807) is 12.1 Å². The number of benzene rings is 1. The van der Waals surface area contributed by atoms with Crippen molar-refractivity contribution in [2.45, 2.75) is 31.2 Å². The van der Waals surface area contributed by atoms with E-state index in [0.29, 0.717) is 24.4 Å². The topological polar surface area (TPSA) is 87.3 Å². The smallest absolute Gasteiger partial charge is 0.240 e. The molecule has 0 bridgehead atoms. The van der Waals surface area contributed by atoms with E-state index in [4.69, 9.17) is 0 Å². The molecule has 0 atom stereocenters. The number of hydrogen-bond donors (Lipinski definition) is 3. The van der Waals surface area contributed by atoms with Gasteiger partial charge in [-0.15, -0.1) is 0 Å². The highest BCUT2D eigenvalue weighted by atomic mass is 32.2. The standard InChI is InChI=1S/C14H21N3O3S/c1-2-16-14(18)7-9-17-21(19,20)13-5-3-4-11-10-15-8-6-12(11)13/h3-5,15,17H,2,6-10H2,1H3,(H,16,18). The van der Waals surface area contributed by atoms with E-state index in [1.165, 1.54) is 0 Å². The molecule has 0 fully saturated rings. The van der Waals surface area contributed by atoms with Crippen LogP contribution in [-0.4, -0.2) is 34.0 Å². The number of rotatable bonds is 6. The highest BCUT2D eigenvalue weighted by molar-refractivity contribution is 7.89. The normalized spacial score (nSPS) is 14.5. The van der Waals surface area contributed by atoms with Crippen LogP contribution in [0.2, 0.25) is 0 Å². The van der Waals surface area contributed by atoms with E-state index in [1.807, 2.05) is 13.0 Å². The van der Waals surface area contributed by atoms with Crippen LogP contribution in [-0.2, 0) is 27.8 Å². The van der Waals surface area contributed by atoms with Gasteiger partial charge in [0.1, 0.15) is 0 Å². The van der Waals surface area contributed by atoms with Crippen molar-refractivity contribution in [1.82, 2.24) is 15.4 Å². The predicted octanol–water partition coefficient (Wildman–Crippen LogP) is 0.137. The fraction of sp³-hybridized carbons (Fsp3) is 0.500. The molecule has 0 saturated carbocycles. The van der Waals surface area contributed by atoms with Crippen LogP contribution in [0.25, 0.3) is 0 Å². The van der Waals surface area contributed by atoms with Crippen LogP contribution in [0.3, 0.4) is 0 Å². The van der Waals surface area contributed by atoms with E-state index in [0.717, 1.165) is 17.7 Å². The highest BCUT2D eigenvalue weighted by Gasteiger charge is 2.21. The third-order valence-corrected chi connectivity index (χ3v) is 4.95. The zero-order valence-corrected chi connectivity index (χ0v) is 12.9. The third kappa shape index (κ3) is 4.03. The van der Waals surface area contributed by atoms with Gasteiger partial charge in [-0.25, -0.2) is 13.1 Å². The van der Waals surface area contributed by atoms with Gasteiger partial charge in [0.05, 0.1) is 4.90 Å². The molecule has 0 aliphatic carbocycles. The minimum absolute atomic E-state index is 0.107. The third-order valence-electron chi connectivity index (χ3n) is 3.40. The highest BCUT2D eigenvalue weighted by Crippen LogP contribution is 2.22. The van der Waals surface area contributed by atoms with Crippen molar-refractivity contribution in [2.75, 3.05) is 19.6 Å². The Labute approximate surface area is 125 Å². The van der Waals surface area contributed by atoms with Gasteiger partial charge in [0.2, 0.25) is 15.9 Å². The van der Waals surface area contributed by atoms with Crippen molar-refractivity contribution >= 4 is 15.9 Å². The molecule has 116 valence electrons. The van der Waals surface area contributed by atoms with Gasteiger partial charge in [-0.1, -0.05) is 12.1 Å². The maximum Gasteiger partial charge on any atom is 0.240 e. The number of hydrogen-bond acceptors (Lipinski definition) is 4. The number of sulfonamides is 1. The molecule has 1 aliphatic rings. The van der Waals surface area contributed by atoms with Crippen LogP contribution in [0.5, 0.6) is 0 Å². The lowest BCUT2D eigenvalue weighted by Gasteiger charge is -2.20. The van der Waals surface area contributed by atoms with Gasteiger partial charge in [-0.2, -0.15) is 0 Å². The van der Waals surface area contributed by atoms with E-state index in [-0.39, 0.29) is 18.9 Å². The summed E-state index contributed by atoms with van der Waals surface area (Å²) in [5.41, 5.74) is 1.90. The molecule has 0 aromatic heterocycles.